The van der Waals surface area contributed by atoms with Crippen molar-refractivity contribution in [3.63, 3.8) is 0 Å². The maximum atomic E-state index is 12.0. The van der Waals surface area contributed by atoms with Crippen molar-refractivity contribution in [1.82, 2.24) is 19.6 Å². The lowest BCUT2D eigenvalue weighted by Gasteiger charge is -2.03. The van der Waals surface area contributed by atoms with Crippen LogP contribution in [-0.4, -0.2) is 36.5 Å². The van der Waals surface area contributed by atoms with Gasteiger partial charge in [-0.3, -0.25) is 14.2 Å². The molecule has 0 spiro atoms. The number of carbonyl (C=O) groups is 2. The predicted octanol–water partition coefficient (Wildman–Crippen LogP) is 2.51. The fraction of sp³-hybridized carbons (Fsp3) is 0.176. The molecule has 2 heterocycles. The van der Waals surface area contributed by atoms with E-state index in [4.69, 9.17) is 16.7 Å². The molecule has 0 saturated carbocycles. The van der Waals surface area contributed by atoms with Gasteiger partial charge in [0, 0.05) is 30.4 Å². The summed E-state index contributed by atoms with van der Waals surface area (Å²) in [5.74, 6) is -1.31. The summed E-state index contributed by atoms with van der Waals surface area (Å²) in [5.41, 5.74) is 1.54. The zero-order chi connectivity index (χ0) is 18.5. The highest BCUT2D eigenvalue weighted by atomic mass is 35.5. The second-order valence-electron chi connectivity index (χ2n) is 5.62. The second-order valence-corrected chi connectivity index (χ2v) is 6.06. The van der Waals surface area contributed by atoms with Gasteiger partial charge in [0.1, 0.15) is 0 Å². The number of aryl methyl sites for hydroxylation is 1. The Labute approximate surface area is 154 Å². The summed E-state index contributed by atoms with van der Waals surface area (Å²) >= 11 is 5.96. The van der Waals surface area contributed by atoms with E-state index in [1.165, 1.54) is 16.9 Å². The van der Waals surface area contributed by atoms with Crippen LogP contribution in [0.5, 0.6) is 0 Å². The zero-order valence-electron chi connectivity index (χ0n) is 13.7. The van der Waals surface area contributed by atoms with E-state index in [0.29, 0.717) is 17.3 Å². The SMILES string of the molecule is O=C(CCn1ccc(C(=O)O)n1)Nc1cnn(Cc2cccc(Cl)c2)c1. The first kappa shape index (κ1) is 17.7. The average molecular weight is 374 g/mol. The number of carboxylic acid groups (broad SMARTS) is 1. The summed E-state index contributed by atoms with van der Waals surface area (Å²) in [7, 11) is 0. The number of carboxylic acids is 1. The van der Waals surface area contributed by atoms with Crippen molar-refractivity contribution >= 4 is 29.2 Å². The number of hydrogen-bond acceptors (Lipinski definition) is 4. The lowest BCUT2D eigenvalue weighted by atomic mass is 10.2. The Morgan fingerprint density at radius 2 is 2.08 bits per heavy atom. The normalized spacial score (nSPS) is 10.7. The van der Waals surface area contributed by atoms with Crippen LogP contribution < -0.4 is 5.32 Å². The van der Waals surface area contributed by atoms with E-state index in [-0.39, 0.29) is 24.6 Å². The Morgan fingerprint density at radius 1 is 1.23 bits per heavy atom. The first-order valence-electron chi connectivity index (χ1n) is 7.83. The first-order valence-corrected chi connectivity index (χ1v) is 8.21. The summed E-state index contributed by atoms with van der Waals surface area (Å²) in [5, 5.41) is 20.3. The minimum atomic E-state index is -1.10. The number of anilines is 1. The van der Waals surface area contributed by atoms with E-state index in [1.807, 2.05) is 18.2 Å². The molecule has 0 aliphatic heterocycles. The number of carbonyl (C=O) groups excluding carboxylic acids is 1. The highest BCUT2D eigenvalue weighted by Crippen LogP contribution is 2.13. The highest BCUT2D eigenvalue weighted by molar-refractivity contribution is 6.30. The molecule has 1 aromatic carbocycles. The van der Waals surface area contributed by atoms with Crippen molar-refractivity contribution in [1.29, 1.82) is 0 Å². The molecule has 0 radical (unpaired) electrons. The Kier molecular flexibility index (Phi) is 5.33. The van der Waals surface area contributed by atoms with Crippen LogP contribution in [0, 0.1) is 0 Å². The van der Waals surface area contributed by atoms with Crippen molar-refractivity contribution in [2.24, 2.45) is 0 Å². The molecule has 2 aromatic heterocycles. The molecule has 9 heteroatoms. The molecule has 3 aromatic rings. The van der Waals surface area contributed by atoms with Crippen LogP contribution in [-0.2, 0) is 17.9 Å². The van der Waals surface area contributed by atoms with E-state index >= 15 is 0 Å². The van der Waals surface area contributed by atoms with Gasteiger partial charge in [-0.2, -0.15) is 10.2 Å². The summed E-state index contributed by atoms with van der Waals surface area (Å²) < 4.78 is 3.12. The van der Waals surface area contributed by atoms with E-state index in [1.54, 1.807) is 23.1 Å². The molecular weight excluding hydrogens is 358 g/mol. The van der Waals surface area contributed by atoms with Gasteiger partial charge in [0.15, 0.2) is 5.69 Å². The van der Waals surface area contributed by atoms with Crippen molar-refractivity contribution in [3.8, 4) is 0 Å². The quantitative estimate of drug-likeness (QED) is 0.662. The molecule has 26 heavy (non-hydrogen) atoms. The maximum absolute atomic E-state index is 12.0. The van der Waals surface area contributed by atoms with Gasteiger partial charge in [0.25, 0.3) is 0 Å². The lowest BCUT2D eigenvalue weighted by molar-refractivity contribution is -0.116. The number of benzene rings is 1. The molecule has 8 nitrogen and oxygen atoms in total. The van der Waals surface area contributed by atoms with Gasteiger partial charge >= 0.3 is 5.97 Å². The van der Waals surface area contributed by atoms with Gasteiger partial charge in [-0.25, -0.2) is 4.79 Å². The van der Waals surface area contributed by atoms with Gasteiger partial charge in [0.05, 0.1) is 18.4 Å². The molecule has 0 saturated heterocycles. The lowest BCUT2D eigenvalue weighted by Crippen LogP contribution is -2.14. The Morgan fingerprint density at radius 3 is 2.81 bits per heavy atom. The monoisotopic (exact) mass is 373 g/mol. The Hall–Kier alpha value is -3.13. The number of hydrogen-bond donors (Lipinski definition) is 2. The minimum absolute atomic E-state index is 0.0484. The van der Waals surface area contributed by atoms with Crippen LogP contribution in [0.1, 0.15) is 22.5 Å². The molecule has 0 fully saturated rings. The van der Waals surface area contributed by atoms with E-state index < -0.39 is 5.97 Å². The summed E-state index contributed by atoms with van der Waals surface area (Å²) in [6.07, 6.45) is 4.99. The third-order valence-corrected chi connectivity index (χ3v) is 3.81. The fourth-order valence-electron chi connectivity index (χ4n) is 2.38. The second kappa shape index (κ2) is 7.83. The van der Waals surface area contributed by atoms with Crippen LogP contribution in [0.15, 0.2) is 48.9 Å². The molecule has 0 bridgehead atoms. The first-order chi connectivity index (χ1) is 12.5. The van der Waals surface area contributed by atoms with Gasteiger partial charge in [0.2, 0.25) is 5.91 Å². The van der Waals surface area contributed by atoms with Gasteiger partial charge in [-0.05, 0) is 23.8 Å². The third kappa shape index (κ3) is 4.70. The Bertz CT molecular complexity index is 934. The van der Waals surface area contributed by atoms with Gasteiger partial charge in [-0.15, -0.1) is 0 Å². The maximum Gasteiger partial charge on any atom is 0.356 e. The zero-order valence-corrected chi connectivity index (χ0v) is 14.4. The molecule has 0 aliphatic carbocycles. The molecule has 1 amide bonds. The smallest absolute Gasteiger partial charge is 0.356 e. The number of aromatic nitrogens is 4. The molecule has 2 N–H and O–H groups in total. The van der Waals surface area contributed by atoms with Crippen LogP contribution >= 0.6 is 11.6 Å². The van der Waals surface area contributed by atoms with E-state index in [2.05, 4.69) is 15.5 Å². The number of halogens is 1. The topological polar surface area (TPSA) is 102 Å². The molecule has 0 aliphatic rings. The Balaban J connectivity index is 1.51. The molecule has 3 rings (SSSR count). The predicted molar refractivity (Wildman–Crippen MR) is 95.2 cm³/mol. The van der Waals surface area contributed by atoms with Crippen molar-refractivity contribution in [3.05, 3.63) is 65.2 Å². The van der Waals surface area contributed by atoms with Crippen LogP contribution in [0.2, 0.25) is 5.02 Å². The van der Waals surface area contributed by atoms with Gasteiger partial charge < -0.3 is 10.4 Å². The van der Waals surface area contributed by atoms with Crippen LogP contribution in [0.25, 0.3) is 0 Å². The molecule has 134 valence electrons. The van der Waals surface area contributed by atoms with E-state index in [0.717, 1.165) is 5.56 Å². The third-order valence-electron chi connectivity index (χ3n) is 3.58. The number of rotatable bonds is 7. The van der Waals surface area contributed by atoms with Crippen molar-refractivity contribution in [2.45, 2.75) is 19.5 Å². The summed E-state index contributed by atoms with van der Waals surface area (Å²) in [6.45, 7) is 0.831. The molecule has 0 atom stereocenters. The van der Waals surface area contributed by atoms with Crippen LogP contribution in [0.4, 0.5) is 5.69 Å². The van der Waals surface area contributed by atoms with E-state index in [9.17, 15) is 9.59 Å². The van der Waals surface area contributed by atoms with Crippen molar-refractivity contribution in [2.75, 3.05) is 5.32 Å². The van der Waals surface area contributed by atoms with Gasteiger partial charge in [-0.1, -0.05) is 23.7 Å². The average Bonchev–Trinajstić information content (AvgIpc) is 3.23. The number of nitrogens with one attached hydrogen (secondary N) is 1. The highest BCUT2D eigenvalue weighted by Gasteiger charge is 2.09. The standard InChI is InChI=1S/C17H16ClN5O3/c18-13-3-1-2-12(8-13)10-23-11-14(9-19-23)20-16(24)5-7-22-6-4-15(21-22)17(25)26/h1-4,6,8-9,11H,5,7,10H2,(H,20,24)(H,25,26). The van der Waals surface area contributed by atoms with Crippen molar-refractivity contribution < 1.29 is 14.7 Å². The number of aromatic carboxylic acids is 1. The fourth-order valence-corrected chi connectivity index (χ4v) is 2.59. The largest absolute Gasteiger partial charge is 0.476 e. The number of amides is 1. The van der Waals surface area contributed by atoms with Crippen LogP contribution in [0.3, 0.4) is 0 Å². The molecule has 0 unspecified atom stereocenters. The number of nitrogens with zero attached hydrogens (tertiary/aromatic N) is 4. The molecular formula is C17H16ClN5O3. The summed E-state index contributed by atoms with van der Waals surface area (Å²) in [4.78, 5) is 22.8. The summed E-state index contributed by atoms with van der Waals surface area (Å²) in [6, 6.07) is 8.87. The minimum Gasteiger partial charge on any atom is -0.476 e.